The minimum absolute atomic E-state index is 0.538. The van der Waals surface area contributed by atoms with E-state index in [-0.39, 0.29) is 0 Å². The third kappa shape index (κ3) is 4.72. The van der Waals surface area contributed by atoms with Crippen molar-refractivity contribution in [1.29, 1.82) is 0 Å². The van der Waals surface area contributed by atoms with Gasteiger partial charge in [-0.15, -0.1) is 0 Å². The van der Waals surface area contributed by atoms with E-state index in [2.05, 4.69) is 29.4 Å². The second kappa shape index (κ2) is 7.54. The Kier molecular flexibility index (Phi) is 5.38. The van der Waals surface area contributed by atoms with Crippen LogP contribution >= 0.6 is 0 Å². The molecule has 0 aliphatic rings. The van der Waals surface area contributed by atoms with Gasteiger partial charge in [0, 0.05) is 6.54 Å². The van der Waals surface area contributed by atoms with Crippen molar-refractivity contribution in [2.24, 2.45) is 0 Å². The zero-order chi connectivity index (χ0) is 13.3. The Bertz CT molecular complexity index is 485. The molecule has 0 radical (unpaired) electrons. The number of benzene rings is 1. The van der Waals surface area contributed by atoms with Gasteiger partial charge in [0.05, 0.1) is 18.9 Å². The Labute approximate surface area is 114 Å². The van der Waals surface area contributed by atoms with Crippen LogP contribution in [0.5, 0.6) is 0 Å². The molecule has 0 saturated carbocycles. The fourth-order valence-corrected chi connectivity index (χ4v) is 1.76. The highest BCUT2D eigenvalue weighted by Gasteiger charge is 1.98. The standard InChI is InChI=1S/C16H20N2O/c1-2-11-17-16-10-6-9-15(18-16)13-19-12-14-7-4-3-5-8-14/h3-10H,2,11-13H2,1H3,(H,17,18). The Morgan fingerprint density at radius 3 is 2.63 bits per heavy atom. The fraction of sp³-hybridized carbons (Fsp3) is 0.312. The normalized spacial score (nSPS) is 10.4. The fourth-order valence-electron chi connectivity index (χ4n) is 1.76. The first kappa shape index (κ1) is 13.6. The number of hydrogen-bond acceptors (Lipinski definition) is 3. The summed E-state index contributed by atoms with van der Waals surface area (Å²) in [5.74, 6) is 0.919. The van der Waals surface area contributed by atoms with E-state index in [1.165, 1.54) is 5.56 Å². The number of hydrogen-bond donors (Lipinski definition) is 1. The van der Waals surface area contributed by atoms with Gasteiger partial charge in [0.15, 0.2) is 0 Å². The predicted molar refractivity (Wildman–Crippen MR) is 78.0 cm³/mol. The third-order valence-corrected chi connectivity index (χ3v) is 2.72. The minimum Gasteiger partial charge on any atom is -0.370 e. The maximum Gasteiger partial charge on any atom is 0.126 e. The van der Waals surface area contributed by atoms with Crippen LogP contribution in [-0.2, 0) is 18.0 Å². The van der Waals surface area contributed by atoms with Gasteiger partial charge in [-0.2, -0.15) is 0 Å². The molecule has 1 aromatic carbocycles. The van der Waals surface area contributed by atoms with Crippen molar-refractivity contribution in [2.75, 3.05) is 11.9 Å². The number of nitrogens with one attached hydrogen (secondary N) is 1. The lowest BCUT2D eigenvalue weighted by Gasteiger charge is -2.07. The van der Waals surface area contributed by atoms with Gasteiger partial charge in [0.2, 0.25) is 0 Å². The highest BCUT2D eigenvalue weighted by Crippen LogP contribution is 2.08. The van der Waals surface area contributed by atoms with Gasteiger partial charge in [-0.1, -0.05) is 43.3 Å². The first-order valence-corrected chi connectivity index (χ1v) is 6.70. The molecule has 0 spiro atoms. The van der Waals surface area contributed by atoms with E-state index in [0.717, 1.165) is 24.5 Å². The van der Waals surface area contributed by atoms with Crippen molar-refractivity contribution in [2.45, 2.75) is 26.6 Å². The molecule has 19 heavy (non-hydrogen) atoms. The molecular formula is C16H20N2O. The summed E-state index contributed by atoms with van der Waals surface area (Å²) in [7, 11) is 0. The molecule has 0 unspecified atom stereocenters. The van der Waals surface area contributed by atoms with E-state index in [4.69, 9.17) is 4.74 Å². The number of ether oxygens (including phenoxy) is 1. The molecule has 0 bridgehead atoms. The number of nitrogens with zero attached hydrogens (tertiary/aromatic N) is 1. The molecule has 3 nitrogen and oxygen atoms in total. The second-order valence-corrected chi connectivity index (χ2v) is 4.42. The van der Waals surface area contributed by atoms with Gasteiger partial charge in [0.25, 0.3) is 0 Å². The van der Waals surface area contributed by atoms with Crippen LogP contribution in [0.25, 0.3) is 0 Å². The molecule has 0 fully saturated rings. The van der Waals surface area contributed by atoms with Crippen LogP contribution < -0.4 is 5.32 Å². The van der Waals surface area contributed by atoms with Crippen molar-refractivity contribution in [3.63, 3.8) is 0 Å². The van der Waals surface area contributed by atoms with Crippen LogP contribution in [0.3, 0.4) is 0 Å². The van der Waals surface area contributed by atoms with Crippen LogP contribution in [-0.4, -0.2) is 11.5 Å². The van der Waals surface area contributed by atoms with Crippen molar-refractivity contribution in [3.05, 3.63) is 59.8 Å². The van der Waals surface area contributed by atoms with Gasteiger partial charge in [-0.25, -0.2) is 4.98 Å². The first-order valence-electron chi connectivity index (χ1n) is 6.70. The molecule has 100 valence electrons. The van der Waals surface area contributed by atoms with Crippen molar-refractivity contribution in [1.82, 2.24) is 4.98 Å². The third-order valence-electron chi connectivity index (χ3n) is 2.72. The summed E-state index contributed by atoms with van der Waals surface area (Å²) in [4.78, 5) is 4.51. The summed E-state index contributed by atoms with van der Waals surface area (Å²) in [6.45, 7) is 4.24. The molecule has 2 rings (SSSR count). The van der Waals surface area contributed by atoms with Gasteiger partial charge in [0.1, 0.15) is 5.82 Å². The quantitative estimate of drug-likeness (QED) is 0.821. The number of pyridine rings is 1. The average molecular weight is 256 g/mol. The van der Waals surface area contributed by atoms with E-state index in [1.807, 2.05) is 36.4 Å². The lowest BCUT2D eigenvalue weighted by molar-refractivity contribution is 0.104. The average Bonchev–Trinajstić information content (AvgIpc) is 2.47. The molecular weight excluding hydrogens is 236 g/mol. The molecule has 3 heteroatoms. The Morgan fingerprint density at radius 1 is 1.00 bits per heavy atom. The summed E-state index contributed by atoms with van der Waals surface area (Å²) >= 11 is 0. The number of anilines is 1. The Morgan fingerprint density at radius 2 is 1.84 bits per heavy atom. The van der Waals surface area contributed by atoms with Crippen molar-refractivity contribution < 1.29 is 4.74 Å². The van der Waals surface area contributed by atoms with Crippen LogP contribution in [0.15, 0.2) is 48.5 Å². The van der Waals surface area contributed by atoms with E-state index in [1.54, 1.807) is 0 Å². The summed E-state index contributed by atoms with van der Waals surface area (Å²) in [5.41, 5.74) is 2.14. The van der Waals surface area contributed by atoms with Gasteiger partial charge in [-0.3, -0.25) is 0 Å². The molecule has 0 aliphatic carbocycles. The summed E-state index contributed by atoms with van der Waals surface area (Å²) in [6.07, 6.45) is 1.09. The molecule has 0 aliphatic heterocycles. The predicted octanol–water partition coefficient (Wildman–Crippen LogP) is 3.62. The van der Waals surface area contributed by atoms with E-state index in [0.29, 0.717) is 13.2 Å². The highest BCUT2D eigenvalue weighted by atomic mass is 16.5. The smallest absolute Gasteiger partial charge is 0.126 e. The molecule has 0 atom stereocenters. The van der Waals surface area contributed by atoms with E-state index >= 15 is 0 Å². The molecule has 0 saturated heterocycles. The molecule has 2 aromatic rings. The zero-order valence-electron chi connectivity index (χ0n) is 11.3. The van der Waals surface area contributed by atoms with Gasteiger partial charge < -0.3 is 10.1 Å². The number of rotatable bonds is 7. The lowest BCUT2D eigenvalue weighted by Crippen LogP contribution is -2.04. The summed E-state index contributed by atoms with van der Waals surface area (Å²) in [6, 6.07) is 16.1. The highest BCUT2D eigenvalue weighted by molar-refractivity contribution is 5.34. The summed E-state index contributed by atoms with van der Waals surface area (Å²) < 4.78 is 5.67. The van der Waals surface area contributed by atoms with Crippen molar-refractivity contribution >= 4 is 5.82 Å². The van der Waals surface area contributed by atoms with E-state index < -0.39 is 0 Å². The van der Waals surface area contributed by atoms with Crippen LogP contribution in [0.1, 0.15) is 24.6 Å². The Balaban J connectivity index is 1.82. The first-order chi connectivity index (χ1) is 9.38. The van der Waals surface area contributed by atoms with Crippen molar-refractivity contribution in [3.8, 4) is 0 Å². The van der Waals surface area contributed by atoms with E-state index in [9.17, 15) is 0 Å². The minimum atomic E-state index is 0.538. The maximum absolute atomic E-state index is 5.67. The largest absolute Gasteiger partial charge is 0.370 e. The molecule has 1 N–H and O–H groups in total. The van der Waals surface area contributed by atoms with Gasteiger partial charge in [-0.05, 0) is 24.1 Å². The van der Waals surface area contributed by atoms with Gasteiger partial charge >= 0.3 is 0 Å². The maximum atomic E-state index is 5.67. The zero-order valence-corrected chi connectivity index (χ0v) is 11.3. The topological polar surface area (TPSA) is 34.1 Å². The van der Waals surface area contributed by atoms with Crippen LogP contribution in [0, 0.1) is 0 Å². The lowest BCUT2D eigenvalue weighted by atomic mass is 10.2. The Hall–Kier alpha value is -1.87. The summed E-state index contributed by atoms with van der Waals surface area (Å²) in [5, 5.41) is 3.28. The second-order valence-electron chi connectivity index (χ2n) is 4.42. The monoisotopic (exact) mass is 256 g/mol. The van der Waals surface area contributed by atoms with Crippen LogP contribution in [0.2, 0.25) is 0 Å². The SMILES string of the molecule is CCCNc1cccc(COCc2ccccc2)n1. The van der Waals surface area contributed by atoms with Crippen LogP contribution in [0.4, 0.5) is 5.82 Å². The molecule has 0 amide bonds. The number of aromatic nitrogens is 1. The molecule has 1 aromatic heterocycles. The molecule has 1 heterocycles.